The zero-order valence-corrected chi connectivity index (χ0v) is 9.82. The van der Waals surface area contributed by atoms with Gasteiger partial charge < -0.3 is 0 Å². The van der Waals surface area contributed by atoms with Crippen LogP contribution in [0.3, 0.4) is 0 Å². The molecule has 0 bridgehead atoms. The summed E-state index contributed by atoms with van der Waals surface area (Å²) in [4.78, 5) is 0.296. The number of benzene rings is 2. The van der Waals surface area contributed by atoms with Crippen LogP contribution in [-0.2, 0) is 0 Å². The van der Waals surface area contributed by atoms with Gasteiger partial charge in [-0.3, -0.25) is 0 Å². The van der Waals surface area contributed by atoms with Crippen LogP contribution in [0.5, 0.6) is 0 Å². The maximum absolute atomic E-state index is 14.0. The Balaban J connectivity index is 2.71. The molecule has 0 aliphatic carbocycles. The van der Waals surface area contributed by atoms with E-state index in [9.17, 15) is 13.2 Å². The highest BCUT2D eigenvalue weighted by atomic mass is 32.2. The van der Waals surface area contributed by atoms with Gasteiger partial charge in [-0.2, -0.15) is 0 Å². The van der Waals surface area contributed by atoms with E-state index in [-0.39, 0.29) is 11.1 Å². The zero-order valence-electron chi connectivity index (χ0n) is 9.01. The minimum atomic E-state index is -0.759. The van der Waals surface area contributed by atoms with Gasteiger partial charge in [0, 0.05) is 10.5 Å². The van der Waals surface area contributed by atoms with Gasteiger partial charge in [0.05, 0.1) is 5.56 Å². The Labute approximate surface area is 101 Å². The van der Waals surface area contributed by atoms with E-state index in [1.807, 2.05) is 0 Å². The van der Waals surface area contributed by atoms with Crippen molar-refractivity contribution in [2.45, 2.75) is 4.90 Å². The van der Waals surface area contributed by atoms with Crippen molar-refractivity contribution in [3.63, 3.8) is 0 Å². The minimum Gasteiger partial charge on any atom is -0.206 e. The van der Waals surface area contributed by atoms with Crippen LogP contribution in [0.2, 0.25) is 0 Å². The molecular weight excluding hydrogens is 245 g/mol. The standard InChI is InChI=1S/C13H9F3S/c1-17-11-7-6-10(15)12(13(11)16)8-4-2-3-5-9(8)14/h2-7H,1H3. The predicted molar refractivity (Wildman–Crippen MR) is 63.5 cm³/mol. The Bertz CT molecular complexity index is 552. The van der Waals surface area contributed by atoms with Crippen LogP contribution >= 0.6 is 11.8 Å². The minimum absolute atomic E-state index is 0.0570. The molecule has 0 spiro atoms. The van der Waals surface area contributed by atoms with Gasteiger partial charge in [-0.15, -0.1) is 11.8 Å². The summed E-state index contributed by atoms with van der Waals surface area (Å²) in [6, 6.07) is 8.06. The largest absolute Gasteiger partial charge is 0.206 e. The number of hydrogen-bond donors (Lipinski definition) is 0. The van der Waals surface area contributed by atoms with Crippen molar-refractivity contribution in [3.05, 3.63) is 53.8 Å². The van der Waals surface area contributed by atoms with Crippen molar-refractivity contribution in [3.8, 4) is 11.1 Å². The number of halogens is 3. The second-order valence-corrected chi connectivity index (χ2v) is 4.27. The first-order chi connectivity index (χ1) is 8.15. The van der Waals surface area contributed by atoms with Crippen molar-refractivity contribution < 1.29 is 13.2 Å². The van der Waals surface area contributed by atoms with Crippen molar-refractivity contribution in [2.75, 3.05) is 6.26 Å². The van der Waals surface area contributed by atoms with Gasteiger partial charge in [-0.05, 0) is 24.5 Å². The molecule has 0 aromatic heterocycles. The molecule has 2 rings (SSSR count). The Kier molecular flexibility index (Phi) is 3.43. The van der Waals surface area contributed by atoms with Crippen molar-refractivity contribution in [2.24, 2.45) is 0 Å². The van der Waals surface area contributed by atoms with Crippen LogP contribution in [0.25, 0.3) is 11.1 Å². The first-order valence-electron chi connectivity index (χ1n) is 4.92. The monoisotopic (exact) mass is 254 g/mol. The molecule has 0 fully saturated rings. The Morgan fingerprint density at radius 2 is 1.59 bits per heavy atom. The summed E-state index contributed by atoms with van der Waals surface area (Å²) < 4.78 is 41.1. The van der Waals surface area contributed by atoms with E-state index in [4.69, 9.17) is 0 Å². The van der Waals surface area contributed by atoms with E-state index in [1.165, 1.54) is 24.3 Å². The molecule has 0 saturated carbocycles. The topological polar surface area (TPSA) is 0 Å². The molecule has 4 heteroatoms. The molecule has 0 radical (unpaired) electrons. The van der Waals surface area contributed by atoms with E-state index in [2.05, 4.69) is 0 Å². The molecule has 0 heterocycles. The summed E-state index contributed by atoms with van der Waals surface area (Å²) >= 11 is 1.15. The maximum Gasteiger partial charge on any atom is 0.147 e. The third kappa shape index (κ3) is 2.17. The van der Waals surface area contributed by atoms with Crippen molar-refractivity contribution in [1.29, 1.82) is 0 Å². The highest BCUT2D eigenvalue weighted by Gasteiger charge is 2.17. The second kappa shape index (κ2) is 4.84. The maximum atomic E-state index is 14.0. The first-order valence-corrected chi connectivity index (χ1v) is 6.14. The van der Waals surface area contributed by atoms with Crippen molar-refractivity contribution in [1.82, 2.24) is 0 Å². The van der Waals surface area contributed by atoms with Crippen LogP contribution < -0.4 is 0 Å². The number of hydrogen-bond acceptors (Lipinski definition) is 1. The molecule has 17 heavy (non-hydrogen) atoms. The lowest BCUT2D eigenvalue weighted by atomic mass is 10.0. The van der Waals surface area contributed by atoms with Crippen LogP contribution in [0.15, 0.2) is 41.3 Å². The van der Waals surface area contributed by atoms with Gasteiger partial charge in [-0.25, -0.2) is 13.2 Å². The smallest absolute Gasteiger partial charge is 0.147 e. The Morgan fingerprint density at radius 3 is 2.24 bits per heavy atom. The van der Waals surface area contributed by atoms with Gasteiger partial charge >= 0.3 is 0 Å². The average Bonchev–Trinajstić information content (AvgIpc) is 2.32. The van der Waals surface area contributed by atoms with Crippen LogP contribution in [0.4, 0.5) is 13.2 Å². The third-order valence-electron chi connectivity index (χ3n) is 2.42. The summed E-state index contributed by atoms with van der Waals surface area (Å²) in [5, 5.41) is 0. The molecule has 0 amide bonds. The molecule has 0 atom stereocenters. The molecule has 0 aliphatic heterocycles. The summed E-state index contributed by atoms with van der Waals surface area (Å²) in [6.45, 7) is 0. The number of rotatable bonds is 2. The van der Waals surface area contributed by atoms with E-state index in [0.29, 0.717) is 4.90 Å². The van der Waals surface area contributed by atoms with Gasteiger partial charge in [0.15, 0.2) is 0 Å². The molecule has 0 nitrogen and oxygen atoms in total. The second-order valence-electron chi connectivity index (χ2n) is 3.42. The quantitative estimate of drug-likeness (QED) is 0.711. The fraction of sp³-hybridized carbons (Fsp3) is 0.0769. The van der Waals surface area contributed by atoms with Crippen LogP contribution in [0, 0.1) is 17.5 Å². The SMILES string of the molecule is CSc1ccc(F)c(-c2ccccc2F)c1F. The Morgan fingerprint density at radius 1 is 0.882 bits per heavy atom. The van der Waals surface area contributed by atoms with Gasteiger partial charge in [0.2, 0.25) is 0 Å². The summed E-state index contributed by atoms with van der Waals surface area (Å²) in [5.41, 5.74) is -0.367. The lowest BCUT2D eigenvalue weighted by molar-refractivity contribution is 0.566. The molecule has 0 aliphatic rings. The lowest BCUT2D eigenvalue weighted by Gasteiger charge is -2.09. The fourth-order valence-corrected chi connectivity index (χ4v) is 2.09. The molecule has 2 aromatic rings. The summed E-state index contributed by atoms with van der Waals surface area (Å²) in [5.74, 6) is -2.11. The average molecular weight is 254 g/mol. The molecule has 2 aromatic carbocycles. The molecule has 0 N–H and O–H groups in total. The van der Waals surface area contributed by atoms with E-state index in [0.717, 1.165) is 17.8 Å². The highest BCUT2D eigenvalue weighted by molar-refractivity contribution is 7.98. The van der Waals surface area contributed by atoms with Gasteiger partial charge in [0.1, 0.15) is 17.5 Å². The lowest BCUT2D eigenvalue weighted by Crippen LogP contribution is -1.94. The van der Waals surface area contributed by atoms with Gasteiger partial charge in [0.25, 0.3) is 0 Å². The van der Waals surface area contributed by atoms with E-state index < -0.39 is 17.5 Å². The fourth-order valence-electron chi connectivity index (χ4n) is 1.60. The predicted octanol–water partition coefficient (Wildman–Crippen LogP) is 4.49. The zero-order chi connectivity index (χ0) is 12.4. The molecule has 0 unspecified atom stereocenters. The molecule has 88 valence electrons. The molecular formula is C13H9F3S. The first kappa shape index (κ1) is 12.0. The van der Waals surface area contributed by atoms with E-state index >= 15 is 0 Å². The third-order valence-corrected chi connectivity index (χ3v) is 3.17. The van der Waals surface area contributed by atoms with Crippen LogP contribution in [0.1, 0.15) is 0 Å². The number of thioether (sulfide) groups is 1. The normalized spacial score (nSPS) is 10.6. The summed E-state index contributed by atoms with van der Waals surface area (Å²) in [7, 11) is 0. The van der Waals surface area contributed by atoms with Crippen molar-refractivity contribution >= 4 is 11.8 Å². The highest BCUT2D eigenvalue weighted by Crippen LogP contribution is 2.33. The van der Waals surface area contributed by atoms with Gasteiger partial charge in [-0.1, -0.05) is 18.2 Å². The van der Waals surface area contributed by atoms with E-state index in [1.54, 1.807) is 12.3 Å². The molecule has 0 saturated heterocycles. The Hall–Kier alpha value is -1.42. The summed E-state index contributed by atoms with van der Waals surface area (Å²) in [6.07, 6.45) is 1.68. The van der Waals surface area contributed by atoms with Crippen LogP contribution in [-0.4, -0.2) is 6.26 Å².